The number of hydrogen-bond acceptors (Lipinski definition) is 2. The fraction of sp³-hybridized carbons (Fsp3) is 0.562. The standard InChI is InChI=1S/C16H24ClNO2/c1-11(2)9-14(19)10-18-15(20)16(3,4)12-5-7-13(17)8-6-12/h5-8,11,14,19H,9-10H2,1-4H3,(H,18,20). The van der Waals surface area contributed by atoms with E-state index in [1.165, 1.54) is 0 Å². The molecule has 4 heteroatoms. The van der Waals surface area contributed by atoms with Crippen molar-refractivity contribution in [3.05, 3.63) is 34.9 Å². The number of carbonyl (C=O) groups excluding carboxylic acids is 1. The number of carbonyl (C=O) groups is 1. The van der Waals surface area contributed by atoms with Gasteiger partial charge in [0.1, 0.15) is 0 Å². The molecule has 0 aliphatic carbocycles. The van der Waals surface area contributed by atoms with Crippen LogP contribution in [-0.4, -0.2) is 23.7 Å². The number of amides is 1. The summed E-state index contributed by atoms with van der Waals surface area (Å²) >= 11 is 5.86. The van der Waals surface area contributed by atoms with E-state index in [0.717, 1.165) is 5.56 Å². The number of rotatable bonds is 6. The lowest BCUT2D eigenvalue weighted by Gasteiger charge is -2.25. The SMILES string of the molecule is CC(C)CC(O)CNC(=O)C(C)(C)c1ccc(Cl)cc1. The fourth-order valence-corrected chi connectivity index (χ4v) is 2.18. The summed E-state index contributed by atoms with van der Waals surface area (Å²) in [7, 11) is 0. The van der Waals surface area contributed by atoms with E-state index in [9.17, 15) is 9.90 Å². The molecule has 0 saturated carbocycles. The molecule has 0 spiro atoms. The zero-order valence-corrected chi connectivity index (χ0v) is 13.4. The van der Waals surface area contributed by atoms with E-state index in [2.05, 4.69) is 5.32 Å². The predicted molar refractivity (Wildman–Crippen MR) is 82.9 cm³/mol. The molecule has 0 aromatic heterocycles. The molecule has 3 nitrogen and oxygen atoms in total. The van der Waals surface area contributed by atoms with Gasteiger partial charge < -0.3 is 10.4 Å². The van der Waals surface area contributed by atoms with Crippen LogP contribution in [0.2, 0.25) is 5.02 Å². The second-order valence-corrected chi connectivity index (χ2v) is 6.56. The molecule has 0 saturated heterocycles. The van der Waals surface area contributed by atoms with Crippen LogP contribution in [0.3, 0.4) is 0 Å². The quantitative estimate of drug-likeness (QED) is 0.847. The molecule has 1 rings (SSSR count). The molecule has 0 radical (unpaired) electrons. The van der Waals surface area contributed by atoms with Crippen molar-refractivity contribution >= 4 is 17.5 Å². The van der Waals surface area contributed by atoms with Gasteiger partial charge in [-0.15, -0.1) is 0 Å². The third-order valence-corrected chi connectivity index (χ3v) is 3.63. The van der Waals surface area contributed by atoms with Crippen molar-refractivity contribution in [2.45, 2.75) is 45.6 Å². The Hall–Kier alpha value is -1.06. The van der Waals surface area contributed by atoms with E-state index in [0.29, 0.717) is 17.4 Å². The summed E-state index contributed by atoms with van der Waals surface area (Å²) in [4.78, 5) is 12.3. The van der Waals surface area contributed by atoms with Gasteiger partial charge in [-0.05, 0) is 43.9 Å². The van der Waals surface area contributed by atoms with Crippen molar-refractivity contribution in [3.8, 4) is 0 Å². The summed E-state index contributed by atoms with van der Waals surface area (Å²) < 4.78 is 0. The van der Waals surface area contributed by atoms with Crippen LogP contribution < -0.4 is 5.32 Å². The highest BCUT2D eigenvalue weighted by Crippen LogP contribution is 2.24. The number of aliphatic hydroxyl groups excluding tert-OH is 1. The molecular formula is C16H24ClNO2. The first-order valence-corrected chi connectivity index (χ1v) is 7.33. The van der Waals surface area contributed by atoms with Gasteiger partial charge in [0.05, 0.1) is 11.5 Å². The van der Waals surface area contributed by atoms with Gasteiger partial charge in [0, 0.05) is 11.6 Å². The topological polar surface area (TPSA) is 49.3 Å². The lowest BCUT2D eigenvalue weighted by molar-refractivity contribution is -0.126. The van der Waals surface area contributed by atoms with Crippen LogP contribution >= 0.6 is 11.6 Å². The molecule has 2 N–H and O–H groups in total. The maximum atomic E-state index is 12.3. The van der Waals surface area contributed by atoms with Crippen LogP contribution in [0.15, 0.2) is 24.3 Å². The summed E-state index contributed by atoms with van der Waals surface area (Å²) in [5, 5.41) is 13.3. The number of aliphatic hydroxyl groups is 1. The van der Waals surface area contributed by atoms with Crippen molar-refractivity contribution in [1.29, 1.82) is 0 Å². The van der Waals surface area contributed by atoms with Gasteiger partial charge in [0.25, 0.3) is 0 Å². The Morgan fingerprint density at radius 3 is 2.35 bits per heavy atom. The Morgan fingerprint density at radius 2 is 1.85 bits per heavy atom. The minimum Gasteiger partial charge on any atom is -0.391 e. The summed E-state index contributed by atoms with van der Waals surface area (Å²) in [6, 6.07) is 7.26. The highest BCUT2D eigenvalue weighted by molar-refractivity contribution is 6.30. The van der Waals surface area contributed by atoms with E-state index in [1.807, 2.05) is 39.8 Å². The fourth-order valence-electron chi connectivity index (χ4n) is 2.06. The largest absolute Gasteiger partial charge is 0.391 e. The van der Waals surface area contributed by atoms with Crippen LogP contribution in [0.4, 0.5) is 0 Å². The molecule has 112 valence electrons. The lowest BCUT2D eigenvalue weighted by Crippen LogP contribution is -2.43. The molecule has 1 aromatic rings. The lowest BCUT2D eigenvalue weighted by atomic mass is 9.83. The number of nitrogens with one attached hydrogen (secondary N) is 1. The second kappa shape index (κ2) is 7.09. The number of hydrogen-bond donors (Lipinski definition) is 2. The van der Waals surface area contributed by atoms with Crippen LogP contribution in [0.25, 0.3) is 0 Å². The average Bonchev–Trinajstić information content (AvgIpc) is 2.35. The third kappa shape index (κ3) is 4.80. The molecule has 20 heavy (non-hydrogen) atoms. The van der Waals surface area contributed by atoms with Gasteiger partial charge in [0.15, 0.2) is 0 Å². The molecule has 0 heterocycles. The second-order valence-electron chi connectivity index (χ2n) is 6.13. The zero-order chi connectivity index (χ0) is 15.3. The first kappa shape index (κ1) is 17.0. The van der Waals surface area contributed by atoms with Crippen molar-refractivity contribution in [1.82, 2.24) is 5.32 Å². The summed E-state index contributed by atoms with van der Waals surface area (Å²) in [6.07, 6.45) is 0.182. The number of halogens is 1. The molecule has 0 aliphatic rings. The van der Waals surface area contributed by atoms with Gasteiger partial charge in [-0.3, -0.25) is 4.79 Å². The minimum atomic E-state index is -0.651. The maximum absolute atomic E-state index is 12.3. The maximum Gasteiger partial charge on any atom is 0.230 e. The van der Waals surface area contributed by atoms with Gasteiger partial charge in [-0.2, -0.15) is 0 Å². The van der Waals surface area contributed by atoms with E-state index in [-0.39, 0.29) is 12.5 Å². The van der Waals surface area contributed by atoms with Crippen LogP contribution in [0, 0.1) is 5.92 Å². The predicted octanol–water partition coefficient (Wildman–Crippen LogP) is 3.14. The Balaban J connectivity index is 2.63. The van der Waals surface area contributed by atoms with Crippen LogP contribution in [0.1, 0.15) is 39.7 Å². The minimum absolute atomic E-state index is 0.0948. The summed E-state index contributed by atoms with van der Waals surface area (Å²) in [5.41, 5.74) is 0.250. The third-order valence-electron chi connectivity index (χ3n) is 3.38. The molecular weight excluding hydrogens is 274 g/mol. The van der Waals surface area contributed by atoms with E-state index in [1.54, 1.807) is 12.1 Å². The Kier molecular flexibility index (Phi) is 6.03. The Bertz CT molecular complexity index is 440. The van der Waals surface area contributed by atoms with Gasteiger partial charge in [0.2, 0.25) is 5.91 Å². The van der Waals surface area contributed by atoms with E-state index < -0.39 is 11.5 Å². The normalized spacial score (nSPS) is 13.3. The summed E-state index contributed by atoms with van der Waals surface area (Å²) in [6.45, 7) is 8.10. The van der Waals surface area contributed by atoms with Crippen molar-refractivity contribution < 1.29 is 9.90 Å². The monoisotopic (exact) mass is 297 g/mol. The highest BCUT2D eigenvalue weighted by atomic mass is 35.5. The van der Waals surface area contributed by atoms with E-state index in [4.69, 9.17) is 11.6 Å². The number of benzene rings is 1. The average molecular weight is 298 g/mol. The highest BCUT2D eigenvalue weighted by Gasteiger charge is 2.29. The molecule has 1 unspecified atom stereocenters. The molecule has 0 fully saturated rings. The first-order chi connectivity index (χ1) is 9.23. The van der Waals surface area contributed by atoms with Gasteiger partial charge >= 0.3 is 0 Å². The van der Waals surface area contributed by atoms with Crippen LogP contribution in [-0.2, 0) is 10.2 Å². The summed E-state index contributed by atoms with van der Waals surface area (Å²) in [5.74, 6) is 0.314. The molecule has 0 aliphatic heterocycles. The first-order valence-electron chi connectivity index (χ1n) is 6.96. The van der Waals surface area contributed by atoms with Crippen molar-refractivity contribution in [3.63, 3.8) is 0 Å². The molecule has 0 bridgehead atoms. The van der Waals surface area contributed by atoms with E-state index >= 15 is 0 Å². The van der Waals surface area contributed by atoms with Gasteiger partial charge in [-0.25, -0.2) is 0 Å². The van der Waals surface area contributed by atoms with Crippen LogP contribution in [0.5, 0.6) is 0 Å². The van der Waals surface area contributed by atoms with Gasteiger partial charge in [-0.1, -0.05) is 37.6 Å². The molecule has 1 amide bonds. The van der Waals surface area contributed by atoms with Crippen molar-refractivity contribution in [2.75, 3.05) is 6.54 Å². The van der Waals surface area contributed by atoms with Crippen molar-refractivity contribution in [2.24, 2.45) is 5.92 Å². The molecule has 1 atom stereocenters. The Morgan fingerprint density at radius 1 is 1.30 bits per heavy atom. The Labute approximate surface area is 126 Å². The smallest absolute Gasteiger partial charge is 0.230 e. The zero-order valence-electron chi connectivity index (χ0n) is 12.6. The molecule has 1 aromatic carbocycles.